The quantitative estimate of drug-likeness (QED) is 0.596. The molecule has 0 radical (unpaired) electrons. The van der Waals surface area contributed by atoms with E-state index in [2.05, 4.69) is 34.7 Å². The summed E-state index contributed by atoms with van der Waals surface area (Å²) >= 11 is 3.51. The number of carbonyl (C=O) groups is 1. The maximum Gasteiger partial charge on any atom is 0.258 e. The molecule has 0 spiro atoms. The molecule has 0 aliphatic heterocycles. The highest BCUT2D eigenvalue weighted by Gasteiger charge is 2.19. The highest BCUT2D eigenvalue weighted by atomic mass is 79.9. The number of methoxy groups -OCH3 is 1. The van der Waals surface area contributed by atoms with Gasteiger partial charge in [0.05, 0.1) is 6.61 Å². The van der Waals surface area contributed by atoms with Gasteiger partial charge in [-0.2, -0.15) is 0 Å². The Balaban J connectivity index is 2.29. The molecule has 0 bridgehead atoms. The summed E-state index contributed by atoms with van der Waals surface area (Å²) in [6, 6.07) is 15.5. The Hall–Kier alpha value is -1.69. The average Bonchev–Trinajstić information content (AvgIpc) is 2.65. The van der Waals surface area contributed by atoms with Crippen molar-refractivity contribution in [2.24, 2.45) is 0 Å². The predicted octanol–water partition coefficient (Wildman–Crippen LogP) is 4.58. The molecule has 0 aliphatic carbocycles. The number of halogens is 1. The van der Waals surface area contributed by atoms with Crippen LogP contribution in [0.25, 0.3) is 0 Å². The molecule has 2 aromatic carbocycles. The van der Waals surface area contributed by atoms with Crippen molar-refractivity contribution in [1.29, 1.82) is 0 Å². The molecule has 0 fully saturated rings. The molecule has 0 aliphatic rings. The van der Waals surface area contributed by atoms with Crippen LogP contribution in [-0.4, -0.2) is 44.1 Å². The number of benzene rings is 2. The molecule has 0 saturated heterocycles. The van der Waals surface area contributed by atoms with Crippen LogP contribution >= 0.6 is 15.9 Å². The summed E-state index contributed by atoms with van der Waals surface area (Å²) in [6.45, 7) is 8.21. The molecule has 140 valence electrons. The third-order valence-corrected chi connectivity index (χ3v) is 4.88. The highest BCUT2D eigenvalue weighted by molar-refractivity contribution is 9.10. The van der Waals surface area contributed by atoms with Gasteiger partial charge in [-0.05, 0) is 49.0 Å². The molecule has 0 heterocycles. The fourth-order valence-corrected chi connectivity index (χ4v) is 3.28. The lowest BCUT2D eigenvalue weighted by atomic mass is 10.1. The van der Waals surface area contributed by atoms with Gasteiger partial charge < -0.3 is 14.5 Å². The number of rotatable bonds is 9. The van der Waals surface area contributed by atoms with Crippen molar-refractivity contribution < 1.29 is 9.53 Å². The van der Waals surface area contributed by atoms with Crippen molar-refractivity contribution in [2.75, 3.05) is 38.2 Å². The summed E-state index contributed by atoms with van der Waals surface area (Å²) < 4.78 is 6.16. The van der Waals surface area contributed by atoms with Crippen molar-refractivity contribution in [2.45, 2.75) is 20.5 Å². The molecule has 4 nitrogen and oxygen atoms in total. The topological polar surface area (TPSA) is 32.8 Å². The molecule has 0 saturated carbocycles. The van der Waals surface area contributed by atoms with Crippen molar-refractivity contribution in [3.05, 3.63) is 64.1 Å². The zero-order valence-corrected chi connectivity index (χ0v) is 17.3. The van der Waals surface area contributed by atoms with Gasteiger partial charge in [0.1, 0.15) is 0 Å². The van der Waals surface area contributed by atoms with Crippen LogP contribution in [0.1, 0.15) is 29.8 Å². The van der Waals surface area contributed by atoms with E-state index in [1.165, 1.54) is 0 Å². The van der Waals surface area contributed by atoms with E-state index >= 15 is 0 Å². The third-order valence-electron chi connectivity index (χ3n) is 4.38. The van der Waals surface area contributed by atoms with Crippen LogP contribution in [0, 0.1) is 0 Å². The first-order chi connectivity index (χ1) is 12.6. The Bertz CT molecular complexity index is 717. The van der Waals surface area contributed by atoms with Gasteiger partial charge in [-0.1, -0.05) is 48.0 Å². The van der Waals surface area contributed by atoms with Gasteiger partial charge in [-0.15, -0.1) is 0 Å². The zero-order valence-electron chi connectivity index (χ0n) is 15.7. The smallest absolute Gasteiger partial charge is 0.258 e. The molecular formula is C21H27BrN2O2. The van der Waals surface area contributed by atoms with Crippen LogP contribution in [0.15, 0.2) is 53.0 Å². The van der Waals surface area contributed by atoms with Crippen LogP contribution < -0.4 is 4.90 Å². The monoisotopic (exact) mass is 418 g/mol. The molecule has 2 aromatic rings. The van der Waals surface area contributed by atoms with E-state index in [0.29, 0.717) is 18.7 Å². The van der Waals surface area contributed by atoms with E-state index in [1.54, 1.807) is 7.11 Å². The highest BCUT2D eigenvalue weighted by Crippen LogP contribution is 2.22. The number of likely N-dealkylation sites (N-methyl/N-ethyl adjacent to an activating group) is 1. The number of hydrogen-bond donors (Lipinski definition) is 0. The number of nitrogens with zero attached hydrogens (tertiary/aromatic N) is 2. The SMILES string of the molecule is CCN(CC)CCN(C(=O)c1cccc(COC)c1)c1cccc(Br)c1. The van der Waals surface area contributed by atoms with E-state index in [0.717, 1.165) is 35.4 Å². The number of anilines is 1. The minimum atomic E-state index is 0.00760. The van der Waals surface area contributed by atoms with Crippen LogP contribution in [0.2, 0.25) is 0 Å². The van der Waals surface area contributed by atoms with E-state index in [4.69, 9.17) is 4.74 Å². The van der Waals surface area contributed by atoms with Crippen molar-refractivity contribution in [3.63, 3.8) is 0 Å². The normalized spacial score (nSPS) is 11.0. The molecule has 0 atom stereocenters. The van der Waals surface area contributed by atoms with Gasteiger partial charge in [-0.25, -0.2) is 0 Å². The summed E-state index contributed by atoms with van der Waals surface area (Å²) in [5, 5.41) is 0. The Morgan fingerprint density at radius 1 is 1.04 bits per heavy atom. The Kier molecular flexibility index (Phi) is 8.29. The summed E-state index contributed by atoms with van der Waals surface area (Å²) in [5.74, 6) is 0.00760. The molecule has 0 unspecified atom stereocenters. The van der Waals surface area contributed by atoms with Crippen molar-refractivity contribution >= 4 is 27.5 Å². The van der Waals surface area contributed by atoms with Gasteiger partial charge in [-0.3, -0.25) is 4.79 Å². The second kappa shape index (κ2) is 10.5. The number of hydrogen-bond acceptors (Lipinski definition) is 3. The first-order valence-corrected chi connectivity index (χ1v) is 9.76. The molecular weight excluding hydrogens is 392 g/mol. The van der Waals surface area contributed by atoms with Gasteiger partial charge in [0.25, 0.3) is 5.91 Å². The molecule has 0 N–H and O–H groups in total. The maximum absolute atomic E-state index is 13.3. The number of amides is 1. The summed E-state index contributed by atoms with van der Waals surface area (Å²) in [5.41, 5.74) is 2.57. The van der Waals surface area contributed by atoms with Crippen LogP contribution in [0.3, 0.4) is 0 Å². The fourth-order valence-electron chi connectivity index (χ4n) is 2.89. The van der Waals surface area contributed by atoms with Gasteiger partial charge >= 0.3 is 0 Å². The standard InChI is InChI=1S/C21H27BrN2O2/c1-4-23(5-2)12-13-24(20-11-7-10-19(22)15-20)21(25)18-9-6-8-17(14-18)16-26-3/h6-11,14-15H,4-5,12-13,16H2,1-3H3. The van der Waals surface area contributed by atoms with Crippen molar-refractivity contribution in [1.82, 2.24) is 4.90 Å². The lowest BCUT2D eigenvalue weighted by Crippen LogP contribution is -2.39. The molecule has 5 heteroatoms. The number of ether oxygens (including phenoxy) is 1. The van der Waals surface area contributed by atoms with Crippen molar-refractivity contribution in [3.8, 4) is 0 Å². The number of carbonyl (C=O) groups excluding carboxylic acids is 1. The largest absolute Gasteiger partial charge is 0.380 e. The average molecular weight is 419 g/mol. The van der Waals surface area contributed by atoms with E-state index in [-0.39, 0.29) is 5.91 Å². The summed E-state index contributed by atoms with van der Waals surface area (Å²) in [7, 11) is 1.66. The van der Waals surface area contributed by atoms with Gasteiger partial charge in [0.2, 0.25) is 0 Å². The minimum Gasteiger partial charge on any atom is -0.380 e. The Morgan fingerprint density at radius 2 is 1.77 bits per heavy atom. The first kappa shape index (κ1) is 20.6. The maximum atomic E-state index is 13.3. The molecule has 2 rings (SSSR count). The first-order valence-electron chi connectivity index (χ1n) is 8.96. The second-order valence-corrected chi connectivity index (χ2v) is 7.01. The third kappa shape index (κ3) is 5.66. The lowest BCUT2D eigenvalue weighted by Gasteiger charge is -2.27. The summed E-state index contributed by atoms with van der Waals surface area (Å²) in [4.78, 5) is 17.4. The van der Waals surface area contributed by atoms with E-state index < -0.39 is 0 Å². The van der Waals surface area contributed by atoms with Crippen LogP contribution in [0.4, 0.5) is 5.69 Å². The van der Waals surface area contributed by atoms with Gasteiger partial charge in [0, 0.05) is 35.9 Å². The van der Waals surface area contributed by atoms with Crippen LogP contribution in [-0.2, 0) is 11.3 Å². The Morgan fingerprint density at radius 3 is 2.42 bits per heavy atom. The Labute approximate surface area is 164 Å². The van der Waals surface area contributed by atoms with E-state index in [1.807, 2.05) is 53.4 Å². The fraction of sp³-hybridized carbons (Fsp3) is 0.381. The zero-order chi connectivity index (χ0) is 18.9. The molecule has 0 aromatic heterocycles. The van der Waals surface area contributed by atoms with Crippen LogP contribution in [0.5, 0.6) is 0 Å². The molecule has 26 heavy (non-hydrogen) atoms. The van der Waals surface area contributed by atoms with Gasteiger partial charge in [0.15, 0.2) is 0 Å². The molecule has 1 amide bonds. The predicted molar refractivity (Wildman–Crippen MR) is 111 cm³/mol. The lowest BCUT2D eigenvalue weighted by molar-refractivity contribution is 0.0983. The minimum absolute atomic E-state index is 0.00760. The second-order valence-electron chi connectivity index (χ2n) is 6.10. The summed E-state index contributed by atoms with van der Waals surface area (Å²) in [6.07, 6.45) is 0. The van der Waals surface area contributed by atoms with E-state index in [9.17, 15) is 4.79 Å².